The third-order valence-corrected chi connectivity index (χ3v) is 16.8. The number of benzene rings is 13. The first kappa shape index (κ1) is 42.4. The molecule has 0 spiro atoms. The van der Waals surface area contributed by atoms with Crippen LogP contribution in [0.3, 0.4) is 0 Å². The van der Waals surface area contributed by atoms with E-state index in [0.717, 1.165) is 130 Å². The topological polar surface area (TPSA) is 67.3 Å². The Morgan fingerprint density at radius 1 is 0.205 bits per heavy atom. The minimum absolute atomic E-state index is 0.369. The molecular weight excluding hydrogens is 949 g/mol. The summed E-state index contributed by atoms with van der Waals surface area (Å²) in [6, 6.07) is 92.1. The highest BCUT2D eigenvalue weighted by Gasteiger charge is 2.35. The van der Waals surface area contributed by atoms with E-state index in [0.29, 0.717) is 33.9 Å². The maximum Gasteiger partial charge on any atom is 0.104 e. The molecule has 0 fully saturated rings. The van der Waals surface area contributed by atoms with Gasteiger partial charge >= 0.3 is 0 Å². The van der Waals surface area contributed by atoms with Crippen molar-refractivity contribution in [1.29, 1.82) is 10.5 Å². The van der Waals surface area contributed by atoms with Gasteiger partial charge in [-0.1, -0.05) is 218 Å². The molecule has 13 aromatic carbocycles. The highest BCUT2D eigenvalue weighted by atomic mass is 15.1. The lowest BCUT2D eigenvalue weighted by Crippen LogP contribution is -2.17. The molecule has 0 amide bonds. The number of fused-ring (bicyclic) bond motifs is 20. The van der Waals surface area contributed by atoms with E-state index in [9.17, 15) is 10.5 Å². The van der Waals surface area contributed by atoms with Crippen molar-refractivity contribution in [3.8, 4) is 34.9 Å². The fourth-order valence-corrected chi connectivity index (χ4v) is 13.6. The van der Waals surface area contributed by atoms with Crippen LogP contribution in [0.5, 0.6) is 0 Å². The number of hydrogen-bond acceptors (Lipinski definition) is 2. The molecule has 0 saturated carbocycles. The van der Waals surface area contributed by atoms with Gasteiger partial charge in [-0.3, -0.25) is 0 Å². The lowest BCUT2D eigenvalue weighted by atomic mass is 9.97. The predicted octanol–water partition coefficient (Wildman–Crippen LogP) is 18.4. The molecule has 17 aromatic rings. The standard InChI is InChI=1S/C72H40N6/c73-41-59-69(75-61-29-13-9-25-51(61)55-37-33-43-17-1-5-21-47(43)65(55)75)60(42-74)71(77-63-31-15-11-27-53(63)57-39-35-45-19-3-7-23-49(45)67(57)77)72(78-64-32-16-12-28-54(64)58-40-36-46-20-4-8-24-50(46)68(58)78)70(59)76-62-30-14-10-26-52(62)56-38-34-44-18-2-6-22-48(44)66(56)76/h1-40H. The zero-order valence-electron chi connectivity index (χ0n) is 41.8. The van der Waals surface area contributed by atoms with Gasteiger partial charge in [0.05, 0.1) is 66.9 Å². The molecule has 0 radical (unpaired) electrons. The number of nitriles is 2. The summed E-state index contributed by atoms with van der Waals surface area (Å²) in [5, 5.41) is 42.6. The van der Waals surface area contributed by atoms with E-state index >= 15 is 0 Å². The Morgan fingerprint density at radius 2 is 0.436 bits per heavy atom. The molecule has 0 bridgehead atoms. The summed E-state index contributed by atoms with van der Waals surface area (Å²) in [4.78, 5) is 0. The van der Waals surface area contributed by atoms with E-state index in [-0.39, 0.29) is 0 Å². The normalized spacial score (nSPS) is 12.1. The van der Waals surface area contributed by atoms with Crippen molar-refractivity contribution >= 4 is 130 Å². The van der Waals surface area contributed by atoms with E-state index < -0.39 is 0 Å². The number of hydrogen-bond donors (Lipinski definition) is 0. The summed E-state index contributed by atoms with van der Waals surface area (Å²) in [6.07, 6.45) is 0. The highest BCUT2D eigenvalue weighted by Crippen LogP contribution is 2.51. The van der Waals surface area contributed by atoms with Gasteiger partial charge < -0.3 is 18.3 Å². The van der Waals surface area contributed by atoms with E-state index in [4.69, 9.17) is 0 Å². The van der Waals surface area contributed by atoms with Gasteiger partial charge in [-0.2, -0.15) is 10.5 Å². The Morgan fingerprint density at radius 3 is 0.718 bits per heavy atom. The Hall–Kier alpha value is -10.9. The van der Waals surface area contributed by atoms with E-state index in [1.54, 1.807) is 0 Å². The van der Waals surface area contributed by atoms with Crippen molar-refractivity contribution in [2.75, 3.05) is 0 Å². The molecule has 6 heteroatoms. The Kier molecular flexibility index (Phi) is 8.60. The van der Waals surface area contributed by atoms with Gasteiger partial charge in [0.15, 0.2) is 0 Å². The zero-order chi connectivity index (χ0) is 51.3. The minimum Gasteiger partial charge on any atom is -0.306 e. The fourth-order valence-electron chi connectivity index (χ4n) is 13.6. The molecule has 78 heavy (non-hydrogen) atoms. The zero-order valence-corrected chi connectivity index (χ0v) is 41.8. The van der Waals surface area contributed by atoms with Crippen molar-refractivity contribution in [3.63, 3.8) is 0 Å². The molecular formula is C72H40N6. The van der Waals surface area contributed by atoms with Crippen LogP contribution in [0.1, 0.15) is 11.1 Å². The van der Waals surface area contributed by atoms with Crippen LogP contribution in [-0.2, 0) is 0 Å². The molecule has 358 valence electrons. The smallest absolute Gasteiger partial charge is 0.104 e. The van der Waals surface area contributed by atoms with E-state index in [1.807, 2.05) is 0 Å². The van der Waals surface area contributed by atoms with Crippen LogP contribution in [-0.4, -0.2) is 18.3 Å². The molecule has 0 N–H and O–H groups in total. The summed E-state index contributed by atoms with van der Waals surface area (Å²) >= 11 is 0. The molecule has 0 saturated heterocycles. The third kappa shape index (κ3) is 5.47. The van der Waals surface area contributed by atoms with E-state index in [2.05, 4.69) is 273 Å². The van der Waals surface area contributed by atoms with Gasteiger partial charge in [0.1, 0.15) is 23.3 Å². The maximum absolute atomic E-state index is 12.9. The second-order valence-corrected chi connectivity index (χ2v) is 20.5. The van der Waals surface area contributed by atoms with Crippen LogP contribution >= 0.6 is 0 Å². The second-order valence-electron chi connectivity index (χ2n) is 20.5. The molecule has 4 aromatic heterocycles. The molecule has 0 unspecified atom stereocenters. The van der Waals surface area contributed by atoms with Gasteiger partial charge in [0.25, 0.3) is 0 Å². The Bertz CT molecular complexity index is 5420. The fraction of sp³-hybridized carbons (Fsp3) is 0. The van der Waals surface area contributed by atoms with Crippen molar-refractivity contribution < 1.29 is 0 Å². The first-order valence-corrected chi connectivity index (χ1v) is 26.4. The predicted molar refractivity (Wildman–Crippen MR) is 323 cm³/mol. The van der Waals surface area contributed by atoms with Crippen molar-refractivity contribution in [2.45, 2.75) is 0 Å². The number of rotatable bonds is 4. The number of nitrogens with zero attached hydrogens (tertiary/aromatic N) is 6. The number of para-hydroxylation sites is 4. The third-order valence-electron chi connectivity index (χ3n) is 16.8. The quantitative estimate of drug-likeness (QED) is 0.176. The van der Waals surface area contributed by atoms with Crippen LogP contribution < -0.4 is 0 Å². The summed E-state index contributed by atoms with van der Waals surface area (Å²) in [7, 11) is 0. The molecule has 0 aliphatic rings. The number of aromatic nitrogens is 4. The SMILES string of the molecule is N#Cc1c(-n2c3ccccc3c3ccc4ccccc4c32)c(C#N)c(-n2c3ccccc3c3ccc4ccccc4c32)c(-n2c3ccccc3c3ccc4ccccc4c32)c1-n1c2ccccc2c2ccc3ccccc3c21. The van der Waals surface area contributed by atoms with Crippen molar-refractivity contribution in [1.82, 2.24) is 18.3 Å². The van der Waals surface area contributed by atoms with Gasteiger partial charge in [-0.25, -0.2) is 0 Å². The molecule has 0 atom stereocenters. The maximum atomic E-state index is 12.9. The van der Waals surface area contributed by atoms with Gasteiger partial charge in [-0.15, -0.1) is 0 Å². The monoisotopic (exact) mass is 988 g/mol. The van der Waals surface area contributed by atoms with Crippen LogP contribution in [0.2, 0.25) is 0 Å². The summed E-state index contributed by atoms with van der Waals surface area (Å²) in [5.41, 5.74) is 10.9. The first-order chi connectivity index (χ1) is 38.7. The highest BCUT2D eigenvalue weighted by molar-refractivity contribution is 6.24. The summed E-state index contributed by atoms with van der Waals surface area (Å²) in [5.74, 6) is 0. The lowest BCUT2D eigenvalue weighted by Gasteiger charge is -2.27. The van der Waals surface area contributed by atoms with Gasteiger partial charge in [0, 0.05) is 64.6 Å². The summed E-state index contributed by atoms with van der Waals surface area (Å²) in [6.45, 7) is 0. The van der Waals surface area contributed by atoms with Gasteiger partial charge in [0.2, 0.25) is 0 Å². The summed E-state index contributed by atoms with van der Waals surface area (Å²) < 4.78 is 9.40. The first-order valence-electron chi connectivity index (χ1n) is 26.4. The van der Waals surface area contributed by atoms with Crippen LogP contribution in [0.25, 0.3) is 153 Å². The minimum atomic E-state index is 0.369. The molecule has 17 rings (SSSR count). The van der Waals surface area contributed by atoms with Gasteiger partial charge in [-0.05, 0) is 45.8 Å². The van der Waals surface area contributed by atoms with Crippen LogP contribution in [0, 0.1) is 22.7 Å². The van der Waals surface area contributed by atoms with Crippen LogP contribution in [0.15, 0.2) is 243 Å². The molecule has 0 aliphatic carbocycles. The Balaban J connectivity index is 1.26. The molecule has 0 aliphatic heterocycles. The Labute approximate surface area is 445 Å². The van der Waals surface area contributed by atoms with E-state index in [1.165, 1.54) is 0 Å². The molecule has 4 heterocycles. The van der Waals surface area contributed by atoms with Crippen LogP contribution in [0.4, 0.5) is 0 Å². The molecule has 6 nitrogen and oxygen atoms in total. The average Bonchev–Trinajstić information content (AvgIpc) is 4.28. The lowest BCUT2D eigenvalue weighted by molar-refractivity contribution is 1.02. The average molecular weight is 989 g/mol. The van der Waals surface area contributed by atoms with Crippen molar-refractivity contribution in [3.05, 3.63) is 254 Å². The van der Waals surface area contributed by atoms with Crippen molar-refractivity contribution in [2.24, 2.45) is 0 Å². The largest absolute Gasteiger partial charge is 0.306 e. The second kappa shape index (κ2) is 15.8.